The summed E-state index contributed by atoms with van der Waals surface area (Å²) in [7, 11) is 0. The minimum absolute atomic E-state index is 1.21. The SMILES string of the molecule is c1cc(-c2ccc(-c3ccc4ccc5c(-c6ccc7ccccc7c6)ccc6ccc3c4c65)cc2)cc(-c2ccc(-c3ccc4ccc5c(-c6ccc7ccccc7c6)ccc6ccc3c4c65)cc2)c1. The van der Waals surface area contributed by atoms with Gasteiger partial charge in [0.1, 0.15) is 0 Å². The van der Waals surface area contributed by atoms with E-state index in [9.17, 15) is 0 Å². The molecule has 0 fully saturated rings. The summed E-state index contributed by atoms with van der Waals surface area (Å²) in [5.74, 6) is 0. The second-order valence-corrected chi connectivity index (χ2v) is 19.2. The maximum Gasteiger partial charge on any atom is -0.00203 e. The van der Waals surface area contributed by atoms with E-state index < -0.39 is 0 Å². The number of benzene rings is 15. The van der Waals surface area contributed by atoms with Crippen molar-refractivity contribution in [2.24, 2.45) is 0 Å². The number of hydrogen-bond acceptors (Lipinski definition) is 0. The van der Waals surface area contributed by atoms with E-state index >= 15 is 0 Å². The van der Waals surface area contributed by atoms with Gasteiger partial charge in [-0.15, -0.1) is 0 Å². The van der Waals surface area contributed by atoms with Crippen molar-refractivity contribution in [3.05, 3.63) is 255 Å². The lowest BCUT2D eigenvalue weighted by Gasteiger charge is -2.17. The summed E-state index contributed by atoms with van der Waals surface area (Å²) >= 11 is 0. The van der Waals surface area contributed by atoms with E-state index in [1.54, 1.807) is 0 Å². The van der Waals surface area contributed by atoms with Gasteiger partial charge in [-0.3, -0.25) is 0 Å². The van der Waals surface area contributed by atoms with Crippen LogP contribution >= 0.6 is 0 Å². The molecule has 0 N–H and O–H groups in total. The zero-order chi connectivity index (χ0) is 45.9. The molecule has 0 spiro atoms. The first-order valence-electron chi connectivity index (χ1n) is 24.4. The van der Waals surface area contributed by atoms with Crippen LogP contribution in [0.5, 0.6) is 0 Å². The lowest BCUT2D eigenvalue weighted by Crippen LogP contribution is -1.90. The quantitative estimate of drug-likeness (QED) is 0.146. The van der Waals surface area contributed by atoms with Crippen molar-refractivity contribution >= 4 is 86.2 Å². The number of hydrogen-bond donors (Lipinski definition) is 0. The smallest absolute Gasteiger partial charge is 0.00203 e. The van der Waals surface area contributed by atoms with Crippen LogP contribution in [0.2, 0.25) is 0 Å². The van der Waals surface area contributed by atoms with Gasteiger partial charge >= 0.3 is 0 Å². The Labute approximate surface area is 405 Å². The first-order valence-corrected chi connectivity index (χ1v) is 24.4. The molecule has 0 bridgehead atoms. The normalized spacial score (nSPS) is 12.0. The lowest BCUT2D eigenvalue weighted by atomic mass is 9.86. The lowest BCUT2D eigenvalue weighted by molar-refractivity contribution is 1.58. The summed E-state index contributed by atoms with van der Waals surface area (Å²) in [4.78, 5) is 0. The van der Waals surface area contributed by atoms with E-state index in [0.717, 1.165) is 0 Å². The Balaban J connectivity index is 0.743. The fraction of sp³-hybridized carbons (Fsp3) is 0. The van der Waals surface area contributed by atoms with Crippen molar-refractivity contribution in [3.8, 4) is 66.8 Å². The summed E-state index contributed by atoms with van der Waals surface area (Å²) in [5, 5.41) is 20.7. The molecule has 70 heavy (non-hydrogen) atoms. The monoisotopic (exact) mass is 882 g/mol. The standard InChI is InChI=1S/C70H42/c1-3-8-53-41-57(22-16-43(53)6-1)61-34-26-51-28-36-63-59(32-24-49-30-38-65(61)69(51)67(49)63)47-18-12-45(13-19-47)55-10-5-11-56(40-55)46-14-20-48(21-15-46)60-33-25-50-31-39-66-62(35-27-52-29-37-64(60)68(50)70(52)66)58-23-17-44-7-2-4-9-54(44)42-58/h1-42H. The molecule has 0 aliphatic heterocycles. The molecule has 0 heteroatoms. The largest absolute Gasteiger partial charge is 0.0616 e. The number of fused-ring (bicyclic) bond motifs is 2. The van der Waals surface area contributed by atoms with Crippen molar-refractivity contribution in [2.75, 3.05) is 0 Å². The van der Waals surface area contributed by atoms with Gasteiger partial charge in [-0.1, -0.05) is 237 Å². The minimum Gasteiger partial charge on any atom is -0.0616 e. The molecule has 0 aliphatic rings. The van der Waals surface area contributed by atoms with Gasteiger partial charge in [-0.25, -0.2) is 0 Å². The molecule has 0 nitrogen and oxygen atoms in total. The maximum absolute atomic E-state index is 2.33. The fourth-order valence-electron chi connectivity index (χ4n) is 11.9. The molecule has 0 amide bonds. The van der Waals surface area contributed by atoms with Crippen LogP contribution in [-0.4, -0.2) is 0 Å². The highest BCUT2D eigenvalue weighted by molar-refractivity contribution is 6.29. The molecule has 0 radical (unpaired) electrons. The summed E-state index contributed by atoms with van der Waals surface area (Å²) in [6, 6.07) is 95.1. The Morgan fingerprint density at radius 3 is 0.800 bits per heavy atom. The van der Waals surface area contributed by atoms with Gasteiger partial charge in [0, 0.05) is 0 Å². The molecule has 0 saturated carbocycles. The van der Waals surface area contributed by atoms with Gasteiger partial charge in [0.15, 0.2) is 0 Å². The van der Waals surface area contributed by atoms with Crippen molar-refractivity contribution in [3.63, 3.8) is 0 Å². The van der Waals surface area contributed by atoms with E-state index in [2.05, 4.69) is 255 Å². The number of rotatable bonds is 6. The third-order valence-electron chi connectivity index (χ3n) is 15.4. The highest BCUT2D eigenvalue weighted by atomic mass is 14.2. The third-order valence-corrected chi connectivity index (χ3v) is 15.4. The highest BCUT2D eigenvalue weighted by Gasteiger charge is 2.18. The molecule has 0 aliphatic carbocycles. The molecule has 15 aromatic rings. The summed E-state index contributed by atoms with van der Waals surface area (Å²) in [5.41, 5.74) is 14.8. The van der Waals surface area contributed by atoms with Crippen molar-refractivity contribution in [1.29, 1.82) is 0 Å². The van der Waals surface area contributed by atoms with Gasteiger partial charge in [0.05, 0.1) is 0 Å². The first kappa shape index (κ1) is 38.9. The van der Waals surface area contributed by atoms with Crippen molar-refractivity contribution < 1.29 is 0 Å². The van der Waals surface area contributed by atoms with E-state index in [1.165, 1.54) is 153 Å². The molecule has 0 saturated heterocycles. The second kappa shape index (κ2) is 15.2. The van der Waals surface area contributed by atoms with E-state index in [0.29, 0.717) is 0 Å². The Morgan fingerprint density at radius 2 is 0.429 bits per heavy atom. The van der Waals surface area contributed by atoms with E-state index in [4.69, 9.17) is 0 Å². The summed E-state index contributed by atoms with van der Waals surface area (Å²) in [6.07, 6.45) is 0. The Morgan fingerprint density at radius 1 is 0.143 bits per heavy atom. The predicted molar refractivity (Wildman–Crippen MR) is 301 cm³/mol. The van der Waals surface area contributed by atoms with Crippen molar-refractivity contribution in [2.45, 2.75) is 0 Å². The molecule has 0 aromatic heterocycles. The average Bonchev–Trinajstić information content (AvgIpc) is 3.43. The molecule has 0 unspecified atom stereocenters. The molecule has 15 aromatic carbocycles. The van der Waals surface area contributed by atoms with Crippen molar-refractivity contribution in [1.82, 2.24) is 0 Å². The maximum atomic E-state index is 2.33. The molecular formula is C70H42. The average molecular weight is 883 g/mol. The van der Waals surface area contributed by atoms with Gasteiger partial charge < -0.3 is 0 Å². The molecule has 322 valence electrons. The topological polar surface area (TPSA) is 0 Å². The van der Waals surface area contributed by atoms with Crippen LogP contribution in [0.15, 0.2) is 255 Å². The van der Waals surface area contributed by atoms with Crippen LogP contribution in [0.4, 0.5) is 0 Å². The Bertz CT molecular complexity index is 4260. The van der Waals surface area contributed by atoms with Gasteiger partial charge in [-0.05, 0) is 171 Å². The second-order valence-electron chi connectivity index (χ2n) is 19.2. The van der Waals surface area contributed by atoms with Crippen LogP contribution in [0.3, 0.4) is 0 Å². The first-order chi connectivity index (χ1) is 34.7. The van der Waals surface area contributed by atoms with Gasteiger partial charge in [0.25, 0.3) is 0 Å². The third kappa shape index (κ3) is 6.03. The van der Waals surface area contributed by atoms with Gasteiger partial charge in [0.2, 0.25) is 0 Å². The molecule has 15 rings (SSSR count). The Hall–Kier alpha value is -9.10. The van der Waals surface area contributed by atoms with Crippen LogP contribution in [0.1, 0.15) is 0 Å². The van der Waals surface area contributed by atoms with Crippen LogP contribution in [-0.2, 0) is 0 Å². The zero-order valence-corrected chi connectivity index (χ0v) is 38.2. The minimum atomic E-state index is 1.21. The molecule has 0 heterocycles. The van der Waals surface area contributed by atoms with E-state index in [-0.39, 0.29) is 0 Å². The summed E-state index contributed by atoms with van der Waals surface area (Å²) < 4.78 is 0. The predicted octanol–water partition coefficient (Wildman–Crippen LogP) is 19.8. The highest BCUT2D eigenvalue weighted by Crippen LogP contribution is 2.45. The summed E-state index contributed by atoms with van der Waals surface area (Å²) in [6.45, 7) is 0. The van der Waals surface area contributed by atoms with Gasteiger partial charge in [-0.2, -0.15) is 0 Å². The molecule has 0 atom stereocenters. The van der Waals surface area contributed by atoms with Crippen LogP contribution in [0.25, 0.3) is 153 Å². The van der Waals surface area contributed by atoms with Crippen LogP contribution < -0.4 is 0 Å². The van der Waals surface area contributed by atoms with E-state index in [1.807, 2.05) is 0 Å². The zero-order valence-electron chi connectivity index (χ0n) is 38.2. The molecular weight excluding hydrogens is 841 g/mol. The van der Waals surface area contributed by atoms with Crippen LogP contribution in [0, 0.1) is 0 Å². The fourth-order valence-corrected chi connectivity index (χ4v) is 11.9. The Kier molecular flexibility index (Phi) is 8.46.